The van der Waals surface area contributed by atoms with Gasteiger partial charge in [0.1, 0.15) is 17.3 Å². The molecule has 20 heavy (non-hydrogen) atoms. The van der Waals surface area contributed by atoms with E-state index in [0.717, 1.165) is 18.9 Å². The van der Waals surface area contributed by atoms with E-state index >= 15 is 0 Å². The maximum Gasteiger partial charge on any atom is 0.419 e. The van der Waals surface area contributed by atoms with Crippen molar-refractivity contribution in [2.24, 2.45) is 5.73 Å². The molecule has 0 spiro atoms. The zero-order valence-corrected chi connectivity index (χ0v) is 11.4. The molecule has 2 rings (SSSR count). The van der Waals surface area contributed by atoms with Gasteiger partial charge in [0.05, 0.1) is 11.7 Å². The van der Waals surface area contributed by atoms with Crippen LogP contribution in [0, 0.1) is 0 Å². The van der Waals surface area contributed by atoms with E-state index in [4.69, 9.17) is 15.2 Å². The van der Waals surface area contributed by atoms with Crippen LogP contribution < -0.4 is 10.5 Å². The number of alkyl halides is 3. The summed E-state index contributed by atoms with van der Waals surface area (Å²) in [7, 11) is 0. The first-order valence-corrected chi connectivity index (χ1v) is 6.54. The second-order valence-electron chi connectivity index (χ2n) is 4.52. The van der Waals surface area contributed by atoms with Crippen LogP contribution in [0.25, 0.3) is 0 Å². The largest absolute Gasteiger partial charge is 0.490 e. The Bertz CT molecular complexity index is 499. The van der Waals surface area contributed by atoms with Crippen LogP contribution in [0.15, 0.2) is 18.2 Å². The number of nitrogens with two attached hydrogens (primary N) is 1. The molecule has 1 aromatic rings. The third kappa shape index (κ3) is 3.61. The highest BCUT2D eigenvalue weighted by molar-refractivity contribution is 7.80. The third-order valence-corrected chi connectivity index (χ3v) is 3.25. The monoisotopic (exact) mass is 305 g/mol. The predicted molar refractivity (Wildman–Crippen MR) is 71.8 cm³/mol. The van der Waals surface area contributed by atoms with Gasteiger partial charge in [-0.2, -0.15) is 13.2 Å². The van der Waals surface area contributed by atoms with Crippen molar-refractivity contribution in [3.05, 3.63) is 29.3 Å². The van der Waals surface area contributed by atoms with Gasteiger partial charge in [0.2, 0.25) is 0 Å². The Morgan fingerprint density at radius 3 is 2.75 bits per heavy atom. The smallest absolute Gasteiger partial charge is 0.419 e. The molecule has 2 N–H and O–H groups in total. The van der Waals surface area contributed by atoms with Crippen molar-refractivity contribution >= 4 is 17.2 Å². The molecule has 0 amide bonds. The van der Waals surface area contributed by atoms with Crippen LogP contribution in [-0.2, 0) is 10.9 Å². The zero-order chi connectivity index (χ0) is 14.8. The van der Waals surface area contributed by atoms with Gasteiger partial charge in [-0.15, -0.1) is 0 Å². The van der Waals surface area contributed by atoms with Crippen LogP contribution in [0.4, 0.5) is 13.2 Å². The second kappa shape index (κ2) is 5.97. The quantitative estimate of drug-likeness (QED) is 0.869. The maximum atomic E-state index is 13.0. The standard InChI is InChI=1S/C13H14F3NO2S/c14-13(15,16)10-6-8(12(17)20)3-4-11(10)19-7-9-2-1-5-18-9/h3-4,6,9H,1-2,5,7H2,(H2,17,20). The number of rotatable bonds is 4. The highest BCUT2D eigenvalue weighted by Gasteiger charge is 2.35. The minimum absolute atomic E-state index is 0.0822. The molecular formula is C13H14F3NO2S. The average molecular weight is 305 g/mol. The van der Waals surface area contributed by atoms with E-state index in [-0.39, 0.29) is 29.0 Å². The minimum Gasteiger partial charge on any atom is -0.490 e. The summed E-state index contributed by atoms with van der Waals surface area (Å²) in [6.07, 6.45) is -2.97. The topological polar surface area (TPSA) is 44.5 Å². The summed E-state index contributed by atoms with van der Waals surface area (Å²) < 4.78 is 49.6. The molecule has 3 nitrogen and oxygen atoms in total. The summed E-state index contributed by atoms with van der Waals surface area (Å²) in [5, 5.41) is 0. The summed E-state index contributed by atoms with van der Waals surface area (Å²) in [4.78, 5) is -0.0822. The van der Waals surface area contributed by atoms with E-state index in [1.807, 2.05) is 0 Å². The Hall–Kier alpha value is -1.34. The lowest BCUT2D eigenvalue weighted by atomic mass is 10.1. The molecule has 1 heterocycles. The number of halogens is 3. The Kier molecular flexibility index (Phi) is 4.49. The first kappa shape index (κ1) is 15.1. The van der Waals surface area contributed by atoms with Gasteiger partial charge >= 0.3 is 6.18 Å². The van der Waals surface area contributed by atoms with E-state index in [9.17, 15) is 13.2 Å². The van der Waals surface area contributed by atoms with Crippen molar-refractivity contribution in [1.29, 1.82) is 0 Å². The van der Waals surface area contributed by atoms with Gasteiger partial charge < -0.3 is 15.2 Å². The normalized spacial score (nSPS) is 19.1. The van der Waals surface area contributed by atoms with Crippen molar-refractivity contribution in [3.8, 4) is 5.75 Å². The number of hydrogen-bond acceptors (Lipinski definition) is 3. The molecule has 1 atom stereocenters. The van der Waals surface area contributed by atoms with Crippen molar-refractivity contribution in [2.45, 2.75) is 25.1 Å². The van der Waals surface area contributed by atoms with E-state index in [2.05, 4.69) is 12.2 Å². The second-order valence-corrected chi connectivity index (χ2v) is 4.96. The molecular weight excluding hydrogens is 291 g/mol. The Morgan fingerprint density at radius 2 is 2.20 bits per heavy atom. The third-order valence-electron chi connectivity index (χ3n) is 3.02. The lowest BCUT2D eigenvalue weighted by Crippen LogP contribution is -2.19. The Balaban J connectivity index is 2.19. The van der Waals surface area contributed by atoms with Crippen LogP contribution in [0.1, 0.15) is 24.0 Å². The van der Waals surface area contributed by atoms with E-state index < -0.39 is 11.7 Å². The molecule has 7 heteroatoms. The number of benzene rings is 1. The zero-order valence-electron chi connectivity index (χ0n) is 10.6. The van der Waals surface area contributed by atoms with Crippen LogP contribution in [0.5, 0.6) is 5.75 Å². The lowest BCUT2D eigenvalue weighted by Gasteiger charge is -2.17. The van der Waals surface area contributed by atoms with E-state index in [1.54, 1.807) is 0 Å². The fourth-order valence-electron chi connectivity index (χ4n) is 1.99. The van der Waals surface area contributed by atoms with Gasteiger partial charge in [-0.3, -0.25) is 0 Å². The highest BCUT2D eigenvalue weighted by Crippen LogP contribution is 2.37. The van der Waals surface area contributed by atoms with Crippen molar-refractivity contribution in [3.63, 3.8) is 0 Å². The first-order valence-electron chi connectivity index (χ1n) is 6.13. The first-order chi connectivity index (χ1) is 9.38. The van der Waals surface area contributed by atoms with E-state index in [0.29, 0.717) is 6.61 Å². The lowest BCUT2D eigenvalue weighted by molar-refractivity contribution is -0.139. The van der Waals surface area contributed by atoms with Gasteiger partial charge in [0.25, 0.3) is 0 Å². The SMILES string of the molecule is NC(=S)c1ccc(OCC2CCCO2)c(C(F)(F)F)c1. The molecule has 1 saturated heterocycles. The van der Waals surface area contributed by atoms with Crippen LogP contribution in [-0.4, -0.2) is 24.3 Å². The van der Waals surface area contributed by atoms with Crippen molar-refractivity contribution < 1.29 is 22.6 Å². The fourth-order valence-corrected chi connectivity index (χ4v) is 2.12. The Morgan fingerprint density at radius 1 is 1.45 bits per heavy atom. The van der Waals surface area contributed by atoms with Gasteiger partial charge in [-0.1, -0.05) is 12.2 Å². The van der Waals surface area contributed by atoms with Crippen LogP contribution in [0.3, 0.4) is 0 Å². The summed E-state index contributed by atoms with van der Waals surface area (Å²) in [6.45, 7) is 0.732. The summed E-state index contributed by atoms with van der Waals surface area (Å²) in [5.74, 6) is -0.229. The van der Waals surface area contributed by atoms with Gasteiger partial charge in [-0.25, -0.2) is 0 Å². The number of hydrogen-bond donors (Lipinski definition) is 1. The van der Waals surface area contributed by atoms with Gasteiger partial charge in [-0.05, 0) is 31.0 Å². The van der Waals surface area contributed by atoms with Crippen molar-refractivity contribution in [1.82, 2.24) is 0 Å². The number of thiocarbonyl (C=S) groups is 1. The molecule has 0 aliphatic carbocycles. The molecule has 1 aromatic carbocycles. The fraction of sp³-hybridized carbons (Fsp3) is 0.462. The van der Waals surface area contributed by atoms with Crippen LogP contribution >= 0.6 is 12.2 Å². The number of ether oxygens (including phenoxy) is 2. The molecule has 1 fully saturated rings. The summed E-state index contributed by atoms with van der Waals surface area (Å²) in [5.41, 5.74) is 4.64. The molecule has 0 radical (unpaired) electrons. The van der Waals surface area contributed by atoms with Gasteiger partial charge in [0, 0.05) is 12.2 Å². The highest BCUT2D eigenvalue weighted by atomic mass is 32.1. The van der Waals surface area contributed by atoms with Gasteiger partial charge in [0.15, 0.2) is 0 Å². The molecule has 1 aliphatic heterocycles. The molecule has 0 bridgehead atoms. The summed E-state index contributed by atoms with van der Waals surface area (Å²) >= 11 is 4.69. The van der Waals surface area contributed by atoms with Crippen molar-refractivity contribution in [2.75, 3.05) is 13.2 Å². The maximum absolute atomic E-state index is 13.0. The molecule has 0 aromatic heterocycles. The molecule has 110 valence electrons. The minimum atomic E-state index is -4.52. The Labute approximate surface area is 119 Å². The van der Waals surface area contributed by atoms with Crippen LogP contribution in [0.2, 0.25) is 0 Å². The average Bonchev–Trinajstić information content (AvgIpc) is 2.88. The molecule has 1 aliphatic rings. The summed E-state index contributed by atoms with van der Waals surface area (Å²) in [6, 6.07) is 3.57. The predicted octanol–water partition coefficient (Wildman–Crippen LogP) is 2.90. The molecule has 0 saturated carbocycles. The molecule has 1 unspecified atom stereocenters. The van der Waals surface area contributed by atoms with E-state index in [1.165, 1.54) is 12.1 Å².